The molecule has 1 fully saturated rings. The van der Waals surface area contributed by atoms with Crippen LogP contribution in [0, 0.1) is 11.7 Å². The summed E-state index contributed by atoms with van der Waals surface area (Å²) in [6, 6.07) is 9.20. The zero-order chi connectivity index (χ0) is 17.8. The van der Waals surface area contributed by atoms with Gasteiger partial charge in [-0.05, 0) is 55.2 Å². The maximum absolute atomic E-state index is 12.9. The molecule has 0 aliphatic carbocycles. The van der Waals surface area contributed by atoms with Gasteiger partial charge in [-0.15, -0.1) is 0 Å². The summed E-state index contributed by atoms with van der Waals surface area (Å²) in [5.41, 5.74) is 5.83. The second kappa shape index (κ2) is 7.70. The molecule has 1 aliphatic rings. The number of ether oxygens (including phenoxy) is 1. The van der Waals surface area contributed by atoms with Crippen molar-refractivity contribution < 1.29 is 18.3 Å². The Balaban J connectivity index is 1.62. The SMILES string of the molecule is CC1CCN(C(=O)c2ccc(COc3ccc(F)cc3)o2)C(CN)C1. The molecule has 2 N–H and O–H groups in total. The summed E-state index contributed by atoms with van der Waals surface area (Å²) in [4.78, 5) is 14.5. The van der Waals surface area contributed by atoms with Gasteiger partial charge >= 0.3 is 0 Å². The van der Waals surface area contributed by atoms with Crippen molar-refractivity contribution in [1.29, 1.82) is 0 Å². The number of nitrogens with zero attached hydrogens (tertiary/aromatic N) is 1. The van der Waals surface area contributed by atoms with Crippen molar-refractivity contribution in [3.63, 3.8) is 0 Å². The molecule has 134 valence electrons. The van der Waals surface area contributed by atoms with Gasteiger partial charge in [0.1, 0.15) is 23.9 Å². The van der Waals surface area contributed by atoms with E-state index in [1.807, 2.05) is 4.90 Å². The Labute approximate surface area is 146 Å². The Hall–Kier alpha value is -2.34. The summed E-state index contributed by atoms with van der Waals surface area (Å²) in [5, 5.41) is 0. The fourth-order valence-corrected chi connectivity index (χ4v) is 3.14. The number of halogens is 1. The molecule has 0 bridgehead atoms. The van der Waals surface area contributed by atoms with E-state index in [4.69, 9.17) is 14.9 Å². The Morgan fingerprint density at radius 2 is 2.08 bits per heavy atom. The van der Waals surface area contributed by atoms with Crippen LogP contribution in [0.5, 0.6) is 5.75 Å². The molecule has 0 radical (unpaired) electrons. The van der Waals surface area contributed by atoms with Crippen LogP contribution in [0.3, 0.4) is 0 Å². The number of amides is 1. The second-order valence-corrected chi connectivity index (χ2v) is 6.53. The predicted octanol–water partition coefficient (Wildman–Crippen LogP) is 3.20. The molecule has 1 aliphatic heterocycles. The fourth-order valence-electron chi connectivity index (χ4n) is 3.14. The van der Waals surface area contributed by atoms with E-state index in [2.05, 4.69) is 6.92 Å². The van der Waals surface area contributed by atoms with Crippen LogP contribution in [0.2, 0.25) is 0 Å². The van der Waals surface area contributed by atoms with Crippen molar-refractivity contribution in [2.45, 2.75) is 32.4 Å². The Morgan fingerprint density at radius 1 is 1.32 bits per heavy atom. The highest BCUT2D eigenvalue weighted by atomic mass is 19.1. The smallest absolute Gasteiger partial charge is 0.289 e. The van der Waals surface area contributed by atoms with Crippen LogP contribution >= 0.6 is 0 Å². The molecule has 2 atom stereocenters. The van der Waals surface area contributed by atoms with Crippen LogP contribution in [0.4, 0.5) is 4.39 Å². The summed E-state index contributed by atoms with van der Waals surface area (Å²) in [5.74, 6) is 1.51. The zero-order valence-corrected chi connectivity index (χ0v) is 14.3. The molecule has 2 aromatic rings. The van der Waals surface area contributed by atoms with Crippen LogP contribution in [-0.4, -0.2) is 29.9 Å². The van der Waals surface area contributed by atoms with Gasteiger partial charge in [0.2, 0.25) is 0 Å². The summed E-state index contributed by atoms with van der Waals surface area (Å²) in [6.45, 7) is 3.51. The Morgan fingerprint density at radius 3 is 2.80 bits per heavy atom. The van der Waals surface area contributed by atoms with E-state index in [9.17, 15) is 9.18 Å². The lowest BCUT2D eigenvalue weighted by atomic mass is 9.92. The average Bonchev–Trinajstić information content (AvgIpc) is 3.09. The maximum Gasteiger partial charge on any atom is 0.289 e. The normalized spacial score (nSPS) is 20.5. The van der Waals surface area contributed by atoms with E-state index in [1.54, 1.807) is 24.3 Å². The largest absolute Gasteiger partial charge is 0.486 e. The number of nitrogens with two attached hydrogens (primary N) is 1. The van der Waals surface area contributed by atoms with E-state index >= 15 is 0 Å². The lowest BCUT2D eigenvalue weighted by molar-refractivity contribution is 0.0538. The highest BCUT2D eigenvalue weighted by Crippen LogP contribution is 2.24. The molecule has 1 saturated heterocycles. The molecule has 1 aromatic carbocycles. The first-order valence-electron chi connectivity index (χ1n) is 8.55. The molecule has 5 nitrogen and oxygen atoms in total. The topological polar surface area (TPSA) is 68.7 Å². The first-order valence-corrected chi connectivity index (χ1v) is 8.55. The number of rotatable bonds is 5. The third-order valence-electron chi connectivity index (χ3n) is 4.58. The first-order chi connectivity index (χ1) is 12.1. The number of carbonyl (C=O) groups excluding carboxylic acids is 1. The highest BCUT2D eigenvalue weighted by Gasteiger charge is 2.30. The first kappa shape index (κ1) is 17.5. The molecule has 1 aromatic heterocycles. The number of benzene rings is 1. The Bertz CT molecular complexity index is 714. The number of furan rings is 1. The number of carbonyl (C=O) groups is 1. The average molecular weight is 346 g/mol. The van der Waals surface area contributed by atoms with E-state index in [1.165, 1.54) is 12.1 Å². The van der Waals surface area contributed by atoms with Crippen LogP contribution < -0.4 is 10.5 Å². The van der Waals surface area contributed by atoms with Gasteiger partial charge in [-0.2, -0.15) is 0 Å². The third-order valence-corrected chi connectivity index (χ3v) is 4.58. The zero-order valence-electron chi connectivity index (χ0n) is 14.3. The minimum absolute atomic E-state index is 0.0558. The molecule has 2 unspecified atom stereocenters. The molecule has 25 heavy (non-hydrogen) atoms. The van der Waals surface area contributed by atoms with Crippen molar-refractivity contribution in [3.05, 3.63) is 53.7 Å². The van der Waals surface area contributed by atoms with Gasteiger partial charge in [0, 0.05) is 19.1 Å². The number of hydrogen-bond donors (Lipinski definition) is 1. The van der Waals surface area contributed by atoms with Gasteiger partial charge < -0.3 is 19.8 Å². The van der Waals surface area contributed by atoms with Gasteiger partial charge in [-0.3, -0.25) is 4.79 Å². The highest BCUT2D eigenvalue weighted by molar-refractivity contribution is 5.91. The lowest BCUT2D eigenvalue weighted by Crippen LogP contribution is -2.49. The van der Waals surface area contributed by atoms with Gasteiger partial charge in [-0.25, -0.2) is 4.39 Å². The summed E-state index contributed by atoms with van der Waals surface area (Å²) in [6.07, 6.45) is 1.90. The van der Waals surface area contributed by atoms with E-state index in [0.29, 0.717) is 36.3 Å². The monoisotopic (exact) mass is 346 g/mol. The minimum Gasteiger partial charge on any atom is -0.486 e. The Kier molecular flexibility index (Phi) is 5.38. The van der Waals surface area contributed by atoms with E-state index in [-0.39, 0.29) is 24.4 Å². The van der Waals surface area contributed by atoms with Crippen LogP contribution in [0.25, 0.3) is 0 Å². The van der Waals surface area contributed by atoms with Crippen molar-refractivity contribution >= 4 is 5.91 Å². The van der Waals surface area contributed by atoms with Crippen LogP contribution in [0.15, 0.2) is 40.8 Å². The fraction of sp³-hybridized carbons (Fsp3) is 0.421. The molecule has 0 spiro atoms. The number of piperidine rings is 1. The minimum atomic E-state index is -0.316. The second-order valence-electron chi connectivity index (χ2n) is 6.53. The molecule has 6 heteroatoms. The molecule has 3 rings (SSSR count). The van der Waals surface area contributed by atoms with Crippen molar-refractivity contribution in [2.24, 2.45) is 11.7 Å². The van der Waals surface area contributed by atoms with E-state index in [0.717, 1.165) is 12.8 Å². The van der Waals surface area contributed by atoms with Crippen molar-refractivity contribution in [1.82, 2.24) is 4.90 Å². The van der Waals surface area contributed by atoms with Gasteiger partial charge in [0.15, 0.2) is 5.76 Å². The summed E-state index contributed by atoms with van der Waals surface area (Å²) >= 11 is 0. The molecule has 1 amide bonds. The van der Waals surface area contributed by atoms with Gasteiger partial charge in [0.25, 0.3) is 5.91 Å². The molecule has 0 saturated carbocycles. The number of hydrogen-bond acceptors (Lipinski definition) is 4. The molecular formula is C19H23FN2O3. The van der Waals surface area contributed by atoms with Crippen molar-refractivity contribution in [2.75, 3.05) is 13.1 Å². The quantitative estimate of drug-likeness (QED) is 0.903. The maximum atomic E-state index is 12.9. The lowest BCUT2D eigenvalue weighted by Gasteiger charge is -2.37. The van der Waals surface area contributed by atoms with E-state index < -0.39 is 0 Å². The van der Waals surface area contributed by atoms with Crippen molar-refractivity contribution in [3.8, 4) is 5.75 Å². The standard InChI is InChI=1S/C19H23FN2O3/c1-13-8-9-22(15(10-13)11-21)19(23)18-7-6-17(25-18)12-24-16-4-2-14(20)3-5-16/h2-7,13,15H,8-12,21H2,1H3. The molecular weight excluding hydrogens is 323 g/mol. The summed E-state index contributed by atoms with van der Waals surface area (Å²) in [7, 11) is 0. The van der Waals surface area contributed by atoms with Crippen LogP contribution in [-0.2, 0) is 6.61 Å². The van der Waals surface area contributed by atoms with Gasteiger partial charge in [-0.1, -0.05) is 6.92 Å². The summed E-state index contributed by atoms with van der Waals surface area (Å²) < 4.78 is 24.0. The third kappa shape index (κ3) is 4.20. The number of likely N-dealkylation sites (tertiary alicyclic amines) is 1. The molecule has 2 heterocycles. The predicted molar refractivity (Wildman–Crippen MR) is 91.7 cm³/mol. The van der Waals surface area contributed by atoms with Gasteiger partial charge in [0.05, 0.1) is 0 Å². The van der Waals surface area contributed by atoms with Crippen LogP contribution in [0.1, 0.15) is 36.1 Å².